The van der Waals surface area contributed by atoms with Gasteiger partial charge in [0.1, 0.15) is 11.8 Å². The van der Waals surface area contributed by atoms with E-state index < -0.39 is 0 Å². The number of nitriles is 1. The number of carbonyl (C=O) groups is 1. The highest BCUT2D eigenvalue weighted by Crippen LogP contribution is 2.27. The van der Waals surface area contributed by atoms with Gasteiger partial charge in [-0.25, -0.2) is 0 Å². The summed E-state index contributed by atoms with van der Waals surface area (Å²) in [5, 5.41) is 9.21. The van der Waals surface area contributed by atoms with Gasteiger partial charge in [0, 0.05) is 5.02 Å². The van der Waals surface area contributed by atoms with Crippen LogP contribution in [0, 0.1) is 11.3 Å². The van der Waals surface area contributed by atoms with E-state index in [0.29, 0.717) is 28.5 Å². The molecule has 0 aliphatic heterocycles. The van der Waals surface area contributed by atoms with Gasteiger partial charge in [0.25, 0.3) is 0 Å². The Balaban J connectivity index is 3.01. The number of nitrogens with zero attached hydrogens (tertiary/aromatic N) is 1. The average Bonchev–Trinajstić information content (AvgIpc) is 2.31. The fraction of sp³-hybridized carbons (Fsp3) is 0.333. The molecule has 4 nitrogen and oxygen atoms in total. The van der Waals surface area contributed by atoms with E-state index in [1.54, 1.807) is 13.0 Å². The Kier molecular flexibility index (Phi) is 4.80. The quantitative estimate of drug-likeness (QED) is 0.773. The number of esters is 1. The number of hydrogen-bond acceptors (Lipinski definition) is 4. The maximum absolute atomic E-state index is 11.3. The fourth-order valence-electron chi connectivity index (χ4n) is 1.35. The van der Waals surface area contributed by atoms with Gasteiger partial charge in [-0.1, -0.05) is 11.6 Å². The minimum atomic E-state index is -0.360. The van der Waals surface area contributed by atoms with Crippen molar-refractivity contribution >= 4 is 17.6 Å². The van der Waals surface area contributed by atoms with Crippen molar-refractivity contribution in [3.8, 4) is 11.8 Å². The van der Waals surface area contributed by atoms with Gasteiger partial charge in [-0.15, -0.1) is 0 Å². The number of ether oxygens (including phenoxy) is 2. The Labute approximate surface area is 105 Å². The molecule has 0 atom stereocenters. The van der Waals surface area contributed by atoms with Gasteiger partial charge in [0.2, 0.25) is 0 Å². The second-order valence-corrected chi connectivity index (χ2v) is 3.64. The number of halogens is 1. The molecule has 0 aromatic heterocycles. The molecule has 0 saturated carbocycles. The number of carbonyl (C=O) groups excluding carboxylic acids is 1. The maximum Gasteiger partial charge on any atom is 0.310 e. The highest BCUT2D eigenvalue weighted by molar-refractivity contribution is 6.31. The third-order valence-electron chi connectivity index (χ3n) is 2.13. The predicted molar refractivity (Wildman–Crippen MR) is 63.1 cm³/mol. The normalized spacial score (nSPS) is 9.53. The Bertz CT molecular complexity index is 466. The van der Waals surface area contributed by atoms with Crippen LogP contribution in [0.15, 0.2) is 12.1 Å². The molecule has 17 heavy (non-hydrogen) atoms. The minimum absolute atomic E-state index is 0.0642. The average molecular weight is 254 g/mol. The van der Waals surface area contributed by atoms with Crippen LogP contribution in [0.3, 0.4) is 0 Å². The molecule has 1 rings (SSSR count). The largest absolute Gasteiger partial charge is 0.495 e. The third kappa shape index (κ3) is 3.36. The monoisotopic (exact) mass is 253 g/mol. The number of methoxy groups -OCH3 is 1. The topological polar surface area (TPSA) is 59.3 Å². The summed E-state index contributed by atoms with van der Waals surface area (Å²) in [6, 6.07) is 5.03. The molecule has 0 radical (unpaired) electrons. The molecule has 0 spiro atoms. The molecule has 1 aromatic rings. The smallest absolute Gasteiger partial charge is 0.310 e. The van der Waals surface area contributed by atoms with Crippen LogP contribution in [0.1, 0.15) is 18.1 Å². The first-order valence-corrected chi connectivity index (χ1v) is 5.42. The van der Waals surface area contributed by atoms with Crippen molar-refractivity contribution in [1.82, 2.24) is 0 Å². The second kappa shape index (κ2) is 6.12. The molecule has 0 aliphatic rings. The highest BCUT2D eigenvalue weighted by Gasteiger charge is 2.12. The van der Waals surface area contributed by atoms with E-state index in [0.717, 1.165) is 0 Å². The molecule has 0 bridgehead atoms. The number of benzene rings is 1. The minimum Gasteiger partial charge on any atom is -0.495 e. The van der Waals surface area contributed by atoms with Crippen LogP contribution >= 0.6 is 11.6 Å². The standard InChI is InChI=1S/C12H12ClNO3/c1-3-17-12(15)6-8-5-11(16-2)9(7-14)4-10(8)13/h4-5H,3,6H2,1-2H3. The van der Waals surface area contributed by atoms with E-state index in [1.807, 2.05) is 6.07 Å². The van der Waals surface area contributed by atoms with Crippen molar-refractivity contribution < 1.29 is 14.3 Å². The molecule has 0 amide bonds. The molecule has 0 saturated heterocycles. The molecule has 90 valence electrons. The molecule has 0 fully saturated rings. The summed E-state index contributed by atoms with van der Waals surface area (Å²) in [7, 11) is 1.46. The summed E-state index contributed by atoms with van der Waals surface area (Å²) < 4.78 is 9.87. The summed E-state index contributed by atoms with van der Waals surface area (Å²) in [4.78, 5) is 11.3. The molecule has 0 heterocycles. The van der Waals surface area contributed by atoms with Crippen LogP contribution in [0.4, 0.5) is 0 Å². The summed E-state index contributed by atoms with van der Waals surface area (Å²) in [5.41, 5.74) is 0.922. The van der Waals surface area contributed by atoms with Gasteiger partial charge >= 0.3 is 5.97 Å². The van der Waals surface area contributed by atoms with E-state index in [1.165, 1.54) is 13.2 Å². The zero-order chi connectivity index (χ0) is 12.8. The van der Waals surface area contributed by atoms with Crippen LogP contribution in [0.5, 0.6) is 5.75 Å². The fourth-order valence-corrected chi connectivity index (χ4v) is 1.59. The second-order valence-electron chi connectivity index (χ2n) is 3.24. The zero-order valence-corrected chi connectivity index (χ0v) is 10.4. The molecule has 0 unspecified atom stereocenters. The Morgan fingerprint density at radius 2 is 2.24 bits per heavy atom. The van der Waals surface area contributed by atoms with Crippen molar-refractivity contribution in [2.75, 3.05) is 13.7 Å². The van der Waals surface area contributed by atoms with Crippen molar-refractivity contribution in [3.05, 3.63) is 28.3 Å². The number of rotatable bonds is 4. The lowest BCUT2D eigenvalue weighted by atomic mass is 10.1. The summed E-state index contributed by atoms with van der Waals surface area (Å²) >= 11 is 5.97. The first kappa shape index (κ1) is 13.3. The van der Waals surface area contributed by atoms with E-state index >= 15 is 0 Å². The van der Waals surface area contributed by atoms with Gasteiger partial charge in [0.05, 0.1) is 25.7 Å². The van der Waals surface area contributed by atoms with E-state index in [-0.39, 0.29) is 12.4 Å². The van der Waals surface area contributed by atoms with Crippen molar-refractivity contribution in [2.45, 2.75) is 13.3 Å². The van der Waals surface area contributed by atoms with Gasteiger partial charge in [-0.05, 0) is 24.6 Å². The lowest BCUT2D eigenvalue weighted by Gasteiger charge is -2.08. The molecular formula is C12H12ClNO3. The van der Waals surface area contributed by atoms with E-state index in [2.05, 4.69) is 0 Å². The highest BCUT2D eigenvalue weighted by atomic mass is 35.5. The summed E-state index contributed by atoms with van der Waals surface area (Å²) in [5.74, 6) is 0.0392. The molecule has 0 N–H and O–H groups in total. The Morgan fingerprint density at radius 1 is 1.53 bits per heavy atom. The van der Waals surface area contributed by atoms with E-state index in [4.69, 9.17) is 26.3 Å². The lowest BCUT2D eigenvalue weighted by Crippen LogP contribution is -2.08. The van der Waals surface area contributed by atoms with Crippen LogP contribution < -0.4 is 4.74 Å². The van der Waals surface area contributed by atoms with Crippen LogP contribution in [-0.2, 0) is 16.0 Å². The summed E-state index contributed by atoms with van der Waals surface area (Å²) in [6.07, 6.45) is 0.0642. The van der Waals surface area contributed by atoms with Crippen molar-refractivity contribution in [1.29, 1.82) is 5.26 Å². The molecular weight excluding hydrogens is 242 g/mol. The van der Waals surface area contributed by atoms with Gasteiger partial charge in [-0.3, -0.25) is 4.79 Å². The Hall–Kier alpha value is -1.73. The van der Waals surface area contributed by atoms with Gasteiger partial charge < -0.3 is 9.47 Å². The van der Waals surface area contributed by atoms with Crippen molar-refractivity contribution in [3.63, 3.8) is 0 Å². The van der Waals surface area contributed by atoms with Crippen molar-refractivity contribution in [2.24, 2.45) is 0 Å². The maximum atomic E-state index is 11.3. The predicted octanol–water partition coefficient (Wildman–Crippen LogP) is 2.33. The van der Waals surface area contributed by atoms with Crippen LogP contribution in [0.2, 0.25) is 5.02 Å². The number of hydrogen-bond donors (Lipinski definition) is 0. The first-order chi connectivity index (χ1) is 8.12. The van der Waals surface area contributed by atoms with Crippen LogP contribution in [-0.4, -0.2) is 19.7 Å². The lowest BCUT2D eigenvalue weighted by molar-refractivity contribution is -0.142. The SMILES string of the molecule is CCOC(=O)Cc1cc(OC)c(C#N)cc1Cl. The van der Waals surface area contributed by atoms with Gasteiger partial charge in [-0.2, -0.15) is 5.26 Å². The van der Waals surface area contributed by atoms with E-state index in [9.17, 15) is 4.79 Å². The molecule has 0 aliphatic carbocycles. The molecule has 5 heteroatoms. The van der Waals surface area contributed by atoms with Crippen LogP contribution in [0.25, 0.3) is 0 Å². The zero-order valence-electron chi connectivity index (χ0n) is 9.62. The summed E-state index contributed by atoms with van der Waals surface area (Å²) in [6.45, 7) is 2.06. The molecule has 1 aromatic carbocycles. The first-order valence-electron chi connectivity index (χ1n) is 5.04. The third-order valence-corrected chi connectivity index (χ3v) is 2.48. The Morgan fingerprint density at radius 3 is 2.76 bits per heavy atom. The van der Waals surface area contributed by atoms with Gasteiger partial charge in [0.15, 0.2) is 0 Å².